The standard InChI is InChI=1S/C13H24N2S/c1-10(2)13(5,8-15-11(3)4)6-12-7-14-9-16-12/h7,9-11,15H,6,8H2,1-5H3. The van der Waals surface area contributed by atoms with Crippen LogP contribution in [0.1, 0.15) is 39.5 Å². The largest absolute Gasteiger partial charge is 0.314 e. The van der Waals surface area contributed by atoms with Gasteiger partial charge in [-0.05, 0) is 17.8 Å². The molecular formula is C13H24N2S. The first-order chi connectivity index (χ1) is 7.44. The summed E-state index contributed by atoms with van der Waals surface area (Å²) >= 11 is 1.76. The van der Waals surface area contributed by atoms with Gasteiger partial charge in [0.25, 0.3) is 0 Å². The fourth-order valence-electron chi connectivity index (χ4n) is 1.64. The van der Waals surface area contributed by atoms with Crippen molar-refractivity contribution in [3.05, 3.63) is 16.6 Å². The van der Waals surface area contributed by atoms with Crippen molar-refractivity contribution in [3.8, 4) is 0 Å². The molecule has 0 aliphatic rings. The molecule has 1 aromatic heterocycles. The van der Waals surface area contributed by atoms with Gasteiger partial charge in [0.1, 0.15) is 0 Å². The summed E-state index contributed by atoms with van der Waals surface area (Å²) in [6.45, 7) is 12.5. The van der Waals surface area contributed by atoms with Crippen LogP contribution in [-0.4, -0.2) is 17.6 Å². The quantitative estimate of drug-likeness (QED) is 0.825. The molecule has 2 nitrogen and oxygen atoms in total. The van der Waals surface area contributed by atoms with Crippen molar-refractivity contribution < 1.29 is 0 Å². The van der Waals surface area contributed by atoms with E-state index in [1.165, 1.54) is 4.88 Å². The number of nitrogens with zero attached hydrogens (tertiary/aromatic N) is 1. The highest BCUT2D eigenvalue weighted by Crippen LogP contribution is 2.31. The molecular weight excluding hydrogens is 216 g/mol. The zero-order chi connectivity index (χ0) is 12.2. The van der Waals surface area contributed by atoms with Crippen LogP contribution in [-0.2, 0) is 6.42 Å². The predicted octanol–water partition coefficient (Wildman–Crippen LogP) is 3.35. The molecule has 1 rings (SSSR count). The number of hydrogen-bond donors (Lipinski definition) is 1. The molecule has 0 fully saturated rings. The second-order valence-electron chi connectivity index (χ2n) is 5.49. The van der Waals surface area contributed by atoms with E-state index in [4.69, 9.17) is 0 Å². The molecule has 0 amide bonds. The third-order valence-electron chi connectivity index (χ3n) is 3.37. The molecule has 1 unspecified atom stereocenters. The Hall–Kier alpha value is -0.410. The van der Waals surface area contributed by atoms with E-state index in [-0.39, 0.29) is 0 Å². The van der Waals surface area contributed by atoms with Gasteiger partial charge in [0.2, 0.25) is 0 Å². The van der Waals surface area contributed by atoms with Gasteiger partial charge < -0.3 is 5.32 Å². The Labute approximate surface area is 103 Å². The fourth-order valence-corrected chi connectivity index (χ4v) is 2.43. The molecule has 1 heterocycles. The van der Waals surface area contributed by atoms with Crippen LogP contribution in [0.25, 0.3) is 0 Å². The summed E-state index contributed by atoms with van der Waals surface area (Å²) in [7, 11) is 0. The molecule has 92 valence electrons. The maximum atomic E-state index is 4.16. The minimum atomic E-state index is 0.316. The van der Waals surface area contributed by atoms with Gasteiger partial charge in [0.15, 0.2) is 0 Å². The van der Waals surface area contributed by atoms with Gasteiger partial charge in [-0.2, -0.15) is 0 Å². The number of rotatable bonds is 6. The molecule has 0 aromatic carbocycles. The summed E-state index contributed by atoms with van der Waals surface area (Å²) < 4.78 is 0. The second kappa shape index (κ2) is 5.78. The van der Waals surface area contributed by atoms with Crippen molar-refractivity contribution in [2.75, 3.05) is 6.54 Å². The Morgan fingerprint density at radius 3 is 2.50 bits per heavy atom. The minimum Gasteiger partial charge on any atom is -0.314 e. The molecule has 0 saturated heterocycles. The smallest absolute Gasteiger partial charge is 0.0794 e. The van der Waals surface area contributed by atoms with Crippen molar-refractivity contribution in [2.45, 2.75) is 47.1 Å². The van der Waals surface area contributed by atoms with E-state index in [9.17, 15) is 0 Å². The van der Waals surface area contributed by atoms with Crippen molar-refractivity contribution in [2.24, 2.45) is 11.3 Å². The Bertz CT molecular complexity index is 293. The van der Waals surface area contributed by atoms with E-state index < -0.39 is 0 Å². The van der Waals surface area contributed by atoms with Crippen LogP contribution in [0, 0.1) is 11.3 Å². The van der Waals surface area contributed by atoms with Gasteiger partial charge in [0, 0.05) is 23.7 Å². The molecule has 1 atom stereocenters. The monoisotopic (exact) mass is 240 g/mol. The number of thiazole rings is 1. The molecule has 0 aliphatic heterocycles. The van der Waals surface area contributed by atoms with Gasteiger partial charge in [0.05, 0.1) is 5.51 Å². The Kier molecular flexibility index (Phi) is 4.93. The molecule has 0 bridgehead atoms. The first kappa shape index (κ1) is 13.7. The summed E-state index contributed by atoms with van der Waals surface area (Å²) in [5, 5.41) is 3.56. The third kappa shape index (κ3) is 3.87. The van der Waals surface area contributed by atoms with E-state index in [1.807, 2.05) is 11.7 Å². The zero-order valence-corrected chi connectivity index (χ0v) is 11.9. The van der Waals surface area contributed by atoms with E-state index in [0.29, 0.717) is 17.4 Å². The lowest BCUT2D eigenvalue weighted by atomic mass is 9.76. The SMILES string of the molecule is CC(C)NCC(C)(Cc1cncs1)C(C)C. The van der Waals surface area contributed by atoms with Crippen LogP contribution < -0.4 is 5.32 Å². The Balaban J connectivity index is 2.65. The van der Waals surface area contributed by atoms with Crippen LogP contribution in [0.5, 0.6) is 0 Å². The van der Waals surface area contributed by atoms with E-state index in [2.05, 4.69) is 44.9 Å². The summed E-state index contributed by atoms with van der Waals surface area (Å²) in [5.74, 6) is 0.667. The van der Waals surface area contributed by atoms with Gasteiger partial charge in [-0.1, -0.05) is 34.6 Å². The Morgan fingerprint density at radius 1 is 1.38 bits per heavy atom. The van der Waals surface area contributed by atoms with Crippen molar-refractivity contribution in [1.82, 2.24) is 10.3 Å². The highest BCUT2D eigenvalue weighted by atomic mass is 32.1. The molecule has 3 heteroatoms. The van der Waals surface area contributed by atoms with Crippen LogP contribution in [0.2, 0.25) is 0 Å². The third-order valence-corrected chi connectivity index (χ3v) is 4.15. The van der Waals surface area contributed by atoms with Crippen LogP contribution in [0.3, 0.4) is 0 Å². The molecule has 1 aromatic rings. The van der Waals surface area contributed by atoms with Crippen LogP contribution in [0.15, 0.2) is 11.7 Å². The first-order valence-corrected chi connectivity index (χ1v) is 6.93. The number of hydrogen-bond acceptors (Lipinski definition) is 3. The van der Waals surface area contributed by atoms with Gasteiger partial charge in [-0.25, -0.2) is 0 Å². The van der Waals surface area contributed by atoms with E-state index in [1.54, 1.807) is 11.3 Å². The number of aromatic nitrogens is 1. The number of nitrogens with one attached hydrogen (secondary N) is 1. The molecule has 0 radical (unpaired) electrons. The molecule has 1 N–H and O–H groups in total. The van der Waals surface area contributed by atoms with Gasteiger partial charge in [-0.3, -0.25) is 4.98 Å². The Morgan fingerprint density at radius 2 is 2.06 bits per heavy atom. The average Bonchev–Trinajstić information content (AvgIpc) is 2.67. The topological polar surface area (TPSA) is 24.9 Å². The highest BCUT2D eigenvalue weighted by Gasteiger charge is 2.29. The summed E-state index contributed by atoms with van der Waals surface area (Å²) in [4.78, 5) is 5.55. The van der Waals surface area contributed by atoms with E-state index >= 15 is 0 Å². The highest BCUT2D eigenvalue weighted by molar-refractivity contribution is 7.09. The summed E-state index contributed by atoms with van der Waals surface area (Å²) in [6, 6.07) is 0.555. The van der Waals surface area contributed by atoms with Crippen molar-refractivity contribution in [1.29, 1.82) is 0 Å². The summed E-state index contributed by atoms with van der Waals surface area (Å²) in [5.41, 5.74) is 2.24. The molecule has 0 aliphatic carbocycles. The van der Waals surface area contributed by atoms with Crippen LogP contribution >= 0.6 is 11.3 Å². The lowest BCUT2D eigenvalue weighted by molar-refractivity contribution is 0.203. The van der Waals surface area contributed by atoms with E-state index in [0.717, 1.165) is 13.0 Å². The lowest BCUT2D eigenvalue weighted by Gasteiger charge is -2.34. The molecule has 0 spiro atoms. The maximum absolute atomic E-state index is 4.16. The summed E-state index contributed by atoms with van der Waals surface area (Å²) in [6.07, 6.45) is 3.12. The second-order valence-corrected chi connectivity index (χ2v) is 6.46. The lowest BCUT2D eigenvalue weighted by Crippen LogP contribution is -2.40. The minimum absolute atomic E-state index is 0.316. The van der Waals surface area contributed by atoms with Gasteiger partial charge in [-0.15, -0.1) is 11.3 Å². The molecule has 16 heavy (non-hydrogen) atoms. The predicted molar refractivity (Wildman–Crippen MR) is 71.9 cm³/mol. The molecule has 0 saturated carbocycles. The maximum Gasteiger partial charge on any atom is 0.0794 e. The fraction of sp³-hybridized carbons (Fsp3) is 0.769. The van der Waals surface area contributed by atoms with Crippen LogP contribution in [0.4, 0.5) is 0 Å². The zero-order valence-electron chi connectivity index (χ0n) is 11.1. The van der Waals surface area contributed by atoms with Gasteiger partial charge >= 0.3 is 0 Å². The first-order valence-electron chi connectivity index (χ1n) is 6.05. The normalized spacial score (nSPS) is 15.7. The van der Waals surface area contributed by atoms with Crippen molar-refractivity contribution >= 4 is 11.3 Å². The average molecular weight is 240 g/mol. The van der Waals surface area contributed by atoms with Crippen molar-refractivity contribution in [3.63, 3.8) is 0 Å².